The first-order valence-corrected chi connectivity index (χ1v) is 8.03. The minimum atomic E-state index is -0.220. The fraction of sp³-hybridized carbons (Fsp3) is 0.350. The molecule has 0 bridgehead atoms. The first-order chi connectivity index (χ1) is 11.1. The Labute approximate surface area is 139 Å². The lowest BCUT2D eigenvalue weighted by Crippen LogP contribution is -2.28. The SMILES string of the molecule is CCCCO.CN(C)C(=O)C(c1ccccc1)c1ccccc1. The van der Waals surface area contributed by atoms with E-state index in [9.17, 15) is 4.79 Å². The molecule has 0 aliphatic rings. The highest BCUT2D eigenvalue weighted by Gasteiger charge is 2.23. The molecule has 23 heavy (non-hydrogen) atoms. The van der Waals surface area contributed by atoms with Gasteiger partial charge in [-0.05, 0) is 17.5 Å². The summed E-state index contributed by atoms with van der Waals surface area (Å²) in [6.07, 6.45) is 2.04. The predicted octanol–water partition coefficient (Wildman–Crippen LogP) is 3.69. The van der Waals surface area contributed by atoms with Crippen molar-refractivity contribution in [2.24, 2.45) is 0 Å². The van der Waals surface area contributed by atoms with Crippen molar-refractivity contribution in [3.8, 4) is 0 Å². The maximum absolute atomic E-state index is 12.4. The summed E-state index contributed by atoms with van der Waals surface area (Å²) in [5, 5.41) is 8.07. The van der Waals surface area contributed by atoms with Gasteiger partial charge in [-0.2, -0.15) is 0 Å². The summed E-state index contributed by atoms with van der Waals surface area (Å²) in [5.41, 5.74) is 2.06. The van der Waals surface area contributed by atoms with Crippen molar-refractivity contribution in [3.05, 3.63) is 71.8 Å². The zero-order valence-corrected chi connectivity index (χ0v) is 14.3. The molecule has 0 aliphatic carbocycles. The van der Waals surface area contributed by atoms with Crippen LogP contribution in [0.25, 0.3) is 0 Å². The normalized spacial score (nSPS) is 9.96. The maximum Gasteiger partial charge on any atom is 0.234 e. The van der Waals surface area contributed by atoms with Crippen LogP contribution in [0.5, 0.6) is 0 Å². The van der Waals surface area contributed by atoms with Gasteiger partial charge in [-0.1, -0.05) is 74.0 Å². The van der Waals surface area contributed by atoms with E-state index < -0.39 is 0 Å². The first kappa shape index (κ1) is 18.9. The largest absolute Gasteiger partial charge is 0.396 e. The lowest BCUT2D eigenvalue weighted by Gasteiger charge is -2.21. The van der Waals surface area contributed by atoms with Crippen molar-refractivity contribution in [2.75, 3.05) is 20.7 Å². The first-order valence-electron chi connectivity index (χ1n) is 8.03. The highest BCUT2D eigenvalue weighted by molar-refractivity contribution is 5.86. The van der Waals surface area contributed by atoms with Gasteiger partial charge < -0.3 is 10.0 Å². The van der Waals surface area contributed by atoms with E-state index in [1.165, 1.54) is 0 Å². The van der Waals surface area contributed by atoms with Gasteiger partial charge in [0.05, 0.1) is 5.92 Å². The van der Waals surface area contributed by atoms with Crippen LogP contribution in [0.2, 0.25) is 0 Å². The number of rotatable bonds is 5. The number of carbonyl (C=O) groups is 1. The summed E-state index contributed by atoms with van der Waals surface area (Å²) >= 11 is 0. The van der Waals surface area contributed by atoms with Crippen molar-refractivity contribution in [3.63, 3.8) is 0 Å². The summed E-state index contributed by atoms with van der Waals surface area (Å²) in [6.45, 7) is 2.40. The lowest BCUT2D eigenvalue weighted by molar-refractivity contribution is -0.129. The molecule has 1 amide bonds. The lowest BCUT2D eigenvalue weighted by atomic mass is 9.90. The Balaban J connectivity index is 0.000000463. The molecule has 2 rings (SSSR count). The zero-order valence-electron chi connectivity index (χ0n) is 14.3. The minimum absolute atomic E-state index is 0.104. The van der Waals surface area contributed by atoms with Gasteiger partial charge in [0.1, 0.15) is 0 Å². The second kappa shape index (κ2) is 10.6. The molecule has 0 fully saturated rings. The summed E-state index contributed by atoms with van der Waals surface area (Å²) in [4.78, 5) is 14.0. The Bertz CT molecular complexity index is 511. The van der Waals surface area contributed by atoms with Crippen LogP contribution in [0, 0.1) is 0 Å². The summed E-state index contributed by atoms with van der Waals surface area (Å²) in [5.74, 6) is -0.116. The molecule has 124 valence electrons. The number of benzene rings is 2. The Hall–Kier alpha value is -2.13. The Kier molecular flexibility index (Phi) is 8.70. The molecule has 0 unspecified atom stereocenters. The molecule has 1 N–H and O–H groups in total. The number of hydrogen-bond donors (Lipinski definition) is 1. The topological polar surface area (TPSA) is 40.5 Å². The molecular weight excluding hydrogens is 286 g/mol. The quantitative estimate of drug-likeness (QED) is 0.914. The molecule has 0 saturated heterocycles. The van der Waals surface area contributed by atoms with Crippen LogP contribution in [0.4, 0.5) is 0 Å². The van der Waals surface area contributed by atoms with Crippen molar-refractivity contribution >= 4 is 5.91 Å². The standard InChI is InChI=1S/C16H17NO.C4H10O/c1-17(2)16(18)15(13-9-5-3-6-10-13)14-11-7-4-8-12-14;1-2-3-4-5/h3-12,15H,1-2H3;5H,2-4H2,1H3. The van der Waals surface area contributed by atoms with Gasteiger partial charge in [-0.3, -0.25) is 4.79 Å². The van der Waals surface area contributed by atoms with Crippen molar-refractivity contribution in [1.29, 1.82) is 0 Å². The van der Waals surface area contributed by atoms with Gasteiger partial charge in [0.2, 0.25) is 5.91 Å². The number of unbranched alkanes of at least 4 members (excludes halogenated alkanes) is 1. The second-order valence-corrected chi connectivity index (χ2v) is 5.56. The number of carbonyl (C=O) groups excluding carboxylic acids is 1. The van der Waals surface area contributed by atoms with E-state index in [1.54, 1.807) is 19.0 Å². The third kappa shape index (κ3) is 6.25. The van der Waals surface area contributed by atoms with Gasteiger partial charge in [-0.25, -0.2) is 0 Å². The molecule has 0 spiro atoms. The fourth-order valence-electron chi connectivity index (χ4n) is 2.18. The number of nitrogens with zero attached hydrogens (tertiary/aromatic N) is 1. The minimum Gasteiger partial charge on any atom is -0.396 e. The zero-order chi connectivity index (χ0) is 17.1. The van der Waals surface area contributed by atoms with Crippen LogP contribution in [0.15, 0.2) is 60.7 Å². The Morgan fingerprint density at radius 1 is 0.957 bits per heavy atom. The van der Waals surface area contributed by atoms with E-state index in [4.69, 9.17) is 5.11 Å². The Morgan fingerprint density at radius 3 is 1.65 bits per heavy atom. The molecule has 0 aromatic heterocycles. The smallest absolute Gasteiger partial charge is 0.234 e. The Morgan fingerprint density at radius 2 is 1.39 bits per heavy atom. The number of aliphatic hydroxyl groups excluding tert-OH is 1. The highest BCUT2D eigenvalue weighted by Crippen LogP contribution is 2.25. The third-order valence-electron chi connectivity index (χ3n) is 3.47. The van der Waals surface area contributed by atoms with E-state index in [0.29, 0.717) is 6.61 Å². The molecule has 0 atom stereocenters. The van der Waals surface area contributed by atoms with Gasteiger partial charge in [0.25, 0.3) is 0 Å². The van der Waals surface area contributed by atoms with Crippen molar-refractivity contribution in [2.45, 2.75) is 25.7 Å². The summed E-state index contributed by atoms with van der Waals surface area (Å²) < 4.78 is 0. The number of amides is 1. The van der Waals surface area contributed by atoms with E-state index >= 15 is 0 Å². The number of aliphatic hydroxyl groups is 1. The van der Waals surface area contributed by atoms with Crippen LogP contribution in [0.3, 0.4) is 0 Å². The van der Waals surface area contributed by atoms with Crippen molar-refractivity contribution in [1.82, 2.24) is 4.90 Å². The van der Waals surface area contributed by atoms with E-state index in [1.807, 2.05) is 60.7 Å². The van der Waals surface area contributed by atoms with Gasteiger partial charge in [0, 0.05) is 20.7 Å². The molecule has 2 aromatic rings. The summed E-state index contributed by atoms with van der Waals surface area (Å²) in [6, 6.07) is 19.8. The van der Waals surface area contributed by atoms with E-state index in [-0.39, 0.29) is 11.8 Å². The molecule has 0 heterocycles. The van der Waals surface area contributed by atoms with Crippen molar-refractivity contribution < 1.29 is 9.90 Å². The molecule has 0 radical (unpaired) electrons. The monoisotopic (exact) mass is 313 g/mol. The highest BCUT2D eigenvalue weighted by atomic mass is 16.2. The van der Waals surface area contributed by atoms with Crippen LogP contribution in [0.1, 0.15) is 36.8 Å². The molecule has 2 aromatic carbocycles. The molecular formula is C20H27NO2. The maximum atomic E-state index is 12.4. The average molecular weight is 313 g/mol. The van der Waals surface area contributed by atoms with Crippen LogP contribution < -0.4 is 0 Å². The second-order valence-electron chi connectivity index (χ2n) is 5.56. The number of likely N-dealkylation sites (N-methyl/N-ethyl adjacent to an activating group) is 1. The van der Waals surface area contributed by atoms with E-state index in [2.05, 4.69) is 6.92 Å². The molecule has 3 nitrogen and oxygen atoms in total. The predicted molar refractivity (Wildman–Crippen MR) is 95.4 cm³/mol. The number of hydrogen-bond acceptors (Lipinski definition) is 2. The van der Waals surface area contributed by atoms with Crippen LogP contribution >= 0.6 is 0 Å². The summed E-state index contributed by atoms with van der Waals surface area (Å²) in [7, 11) is 3.59. The van der Waals surface area contributed by atoms with Gasteiger partial charge in [-0.15, -0.1) is 0 Å². The average Bonchev–Trinajstić information content (AvgIpc) is 2.58. The molecule has 3 heteroatoms. The van der Waals surface area contributed by atoms with Gasteiger partial charge >= 0.3 is 0 Å². The van der Waals surface area contributed by atoms with Crippen LogP contribution in [-0.4, -0.2) is 36.6 Å². The molecule has 0 saturated carbocycles. The third-order valence-corrected chi connectivity index (χ3v) is 3.47. The van der Waals surface area contributed by atoms with Gasteiger partial charge in [0.15, 0.2) is 0 Å². The fourth-order valence-corrected chi connectivity index (χ4v) is 2.18. The molecule has 0 aliphatic heterocycles. The van der Waals surface area contributed by atoms with Crippen LogP contribution in [-0.2, 0) is 4.79 Å². The van der Waals surface area contributed by atoms with E-state index in [0.717, 1.165) is 24.0 Å².